The second-order valence-electron chi connectivity index (χ2n) is 4.98. The molecule has 0 fully saturated rings. The molecule has 0 radical (unpaired) electrons. The monoisotopic (exact) mass is 308 g/mol. The van der Waals surface area contributed by atoms with Gasteiger partial charge in [0, 0.05) is 17.7 Å². The lowest BCUT2D eigenvalue weighted by Gasteiger charge is -2.27. The summed E-state index contributed by atoms with van der Waals surface area (Å²) in [6, 6.07) is 19.0. The lowest BCUT2D eigenvalue weighted by molar-refractivity contribution is 0.505. The van der Waals surface area contributed by atoms with E-state index in [1.54, 1.807) is 11.8 Å². The van der Waals surface area contributed by atoms with Gasteiger partial charge in [-0.1, -0.05) is 48.6 Å². The van der Waals surface area contributed by atoms with Gasteiger partial charge in [0.05, 0.1) is 5.71 Å². The molecule has 1 aliphatic carbocycles. The fraction of sp³-hybridized carbons (Fsp3) is 0.0556. The van der Waals surface area contributed by atoms with Gasteiger partial charge in [0.15, 0.2) is 0 Å². The molecule has 0 saturated carbocycles. The summed E-state index contributed by atoms with van der Waals surface area (Å²) in [7, 11) is -1.22. The Morgan fingerprint density at radius 3 is 1.73 bits per heavy atom. The maximum absolute atomic E-state index is 13.9. The minimum atomic E-state index is -2.99. The Balaban J connectivity index is 2.12. The first kappa shape index (κ1) is 14.6. The quantitative estimate of drug-likeness (QED) is 0.641. The summed E-state index contributed by atoms with van der Waals surface area (Å²) in [4.78, 5) is 0. The molecule has 0 heterocycles. The molecule has 1 aliphatic rings. The van der Waals surface area contributed by atoms with Gasteiger partial charge in [-0.3, -0.25) is 4.57 Å². The van der Waals surface area contributed by atoms with E-state index in [0.717, 1.165) is 16.3 Å². The molecule has 2 aromatic rings. The van der Waals surface area contributed by atoms with Crippen LogP contribution in [0.15, 0.2) is 90.1 Å². The third kappa shape index (κ3) is 2.68. The summed E-state index contributed by atoms with van der Waals surface area (Å²) >= 11 is 0. The van der Waals surface area contributed by atoms with Crippen molar-refractivity contribution >= 4 is 23.6 Å². The topological polar surface area (TPSA) is 32.7 Å². The number of allylic oxidation sites excluding steroid dienone is 4. The standard InChI is InChI=1S/C18H17N2OP/c1-20(19-16-10-8-9-11-16)22(21,17-12-4-2-5-13-17)18-14-6-3-7-15-18/h2-15H,1H3. The Labute approximate surface area is 130 Å². The van der Waals surface area contributed by atoms with E-state index >= 15 is 0 Å². The van der Waals surface area contributed by atoms with Crippen LogP contribution in [0.25, 0.3) is 0 Å². The van der Waals surface area contributed by atoms with E-state index in [-0.39, 0.29) is 0 Å². The number of benzene rings is 2. The molecule has 0 unspecified atom stereocenters. The summed E-state index contributed by atoms with van der Waals surface area (Å²) in [5, 5.41) is 6.07. The van der Waals surface area contributed by atoms with Gasteiger partial charge >= 0.3 is 0 Å². The van der Waals surface area contributed by atoms with E-state index in [4.69, 9.17) is 0 Å². The molecule has 3 nitrogen and oxygen atoms in total. The van der Waals surface area contributed by atoms with Gasteiger partial charge < -0.3 is 0 Å². The Bertz CT molecular complexity index is 722. The lowest BCUT2D eigenvalue weighted by atomic mass is 10.4. The van der Waals surface area contributed by atoms with Crippen molar-refractivity contribution in [3.05, 3.63) is 85.0 Å². The van der Waals surface area contributed by atoms with Gasteiger partial charge in [-0.25, -0.2) is 4.78 Å². The zero-order valence-electron chi connectivity index (χ0n) is 12.3. The van der Waals surface area contributed by atoms with Crippen molar-refractivity contribution in [2.24, 2.45) is 5.10 Å². The Morgan fingerprint density at radius 1 is 0.818 bits per heavy atom. The Morgan fingerprint density at radius 2 is 1.27 bits per heavy atom. The highest BCUT2D eigenvalue weighted by atomic mass is 31.2. The summed E-state index contributed by atoms with van der Waals surface area (Å²) in [6.45, 7) is 0. The molecule has 0 bridgehead atoms. The third-order valence-corrected chi connectivity index (χ3v) is 6.43. The average Bonchev–Trinajstić information content (AvgIpc) is 3.08. The summed E-state index contributed by atoms with van der Waals surface area (Å²) in [5.41, 5.74) is 0.801. The number of rotatable bonds is 4. The summed E-state index contributed by atoms with van der Waals surface area (Å²) in [5.74, 6) is 0. The predicted octanol–water partition coefficient (Wildman–Crippen LogP) is 3.33. The van der Waals surface area contributed by atoms with E-state index in [2.05, 4.69) is 5.10 Å². The van der Waals surface area contributed by atoms with Gasteiger partial charge in [0.2, 0.25) is 7.29 Å². The predicted molar refractivity (Wildman–Crippen MR) is 93.2 cm³/mol. The van der Waals surface area contributed by atoms with Gasteiger partial charge in [-0.2, -0.15) is 5.10 Å². The van der Waals surface area contributed by atoms with Crippen molar-refractivity contribution in [1.82, 2.24) is 4.78 Å². The second-order valence-corrected chi connectivity index (χ2v) is 7.74. The minimum absolute atomic E-state index is 0.777. The molecule has 0 N–H and O–H groups in total. The van der Waals surface area contributed by atoms with Crippen molar-refractivity contribution in [3.63, 3.8) is 0 Å². The third-order valence-electron chi connectivity index (χ3n) is 3.53. The zero-order chi connectivity index (χ0) is 15.4. The molecular formula is C18H17N2OP. The zero-order valence-corrected chi connectivity index (χ0v) is 13.2. The molecule has 110 valence electrons. The van der Waals surface area contributed by atoms with Crippen molar-refractivity contribution in [2.45, 2.75) is 0 Å². The molecule has 0 aromatic heterocycles. The SMILES string of the molecule is CN(N=C1C=CC=C1)P(=O)(c1ccccc1)c1ccccc1. The van der Waals surface area contributed by atoms with Crippen molar-refractivity contribution in [1.29, 1.82) is 0 Å². The molecule has 3 rings (SSSR count). The Kier molecular flexibility index (Phi) is 4.08. The molecule has 0 amide bonds. The summed E-state index contributed by atoms with van der Waals surface area (Å²) in [6.07, 6.45) is 7.64. The van der Waals surface area contributed by atoms with Crippen LogP contribution in [0.2, 0.25) is 0 Å². The molecule has 0 saturated heterocycles. The molecule has 22 heavy (non-hydrogen) atoms. The van der Waals surface area contributed by atoms with E-state index in [1.165, 1.54) is 0 Å². The first-order chi connectivity index (χ1) is 10.7. The molecule has 0 spiro atoms. The molecule has 2 aromatic carbocycles. The van der Waals surface area contributed by atoms with E-state index < -0.39 is 7.29 Å². The van der Waals surface area contributed by atoms with Crippen LogP contribution in [0, 0.1) is 0 Å². The van der Waals surface area contributed by atoms with Crippen molar-refractivity contribution in [2.75, 3.05) is 7.05 Å². The van der Waals surface area contributed by atoms with Crippen LogP contribution in [0.5, 0.6) is 0 Å². The summed E-state index contributed by atoms with van der Waals surface area (Å²) < 4.78 is 15.5. The largest absolute Gasteiger partial charge is 0.288 e. The maximum Gasteiger partial charge on any atom is 0.244 e. The van der Waals surface area contributed by atoms with Crippen LogP contribution < -0.4 is 10.6 Å². The van der Waals surface area contributed by atoms with Crippen LogP contribution in [0.4, 0.5) is 0 Å². The highest BCUT2D eigenvalue weighted by Crippen LogP contribution is 2.46. The van der Waals surface area contributed by atoms with Gasteiger partial charge in [-0.15, -0.1) is 0 Å². The van der Waals surface area contributed by atoms with E-state index in [9.17, 15) is 4.57 Å². The fourth-order valence-corrected chi connectivity index (χ4v) is 4.75. The second kappa shape index (κ2) is 6.17. The van der Waals surface area contributed by atoms with E-state index in [0.29, 0.717) is 0 Å². The molecule has 4 heteroatoms. The number of hydrogen-bond acceptors (Lipinski definition) is 2. The van der Waals surface area contributed by atoms with Crippen LogP contribution in [0.3, 0.4) is 0 Å². The normalized spacial score (nSPS) is 13.4. The minimum Gasteiger partial charge on any atom is -0.288 e. The highest BCUT2D eigenvalue weighted by Gasteiger charge is 2.31. The number of nitrogens with zero attached hydrogens (tertiary/aromatic N) is 2. The maximum atomic E-state index is 13.9. The average molecular weight is 308 g/mol. The van der Waals surface area contributed by atoms with E-state index in [1.807, 2.05) is 85.0 Å². The molecule has 0 aliphatic heterocycles. The highest BCUT2D eigenvalue weighted by molar-refractivity contribution is 7.76. The number of hydrazone groups is 1. The van der Waals surface area contributed by atoms with Crippen LogP contribution in [0.1, 0.15) is 0 Å². The lowest BCUT2D eigenvalue weighted by Crippen LogP contribution is -2.26. The van der Waals surface area contributed by atoms with Crippen LogP contribution in [-0.2, 0) is 4.57 Å². The van der Waals surface area contributed by atoms with Gasteiger partial charge in [0.25, 0.3) is 0 Å². The van der Waals surface area contributed by atoms with Crippen LogP contribution in [-0.4, -0.2) is 17.5 Å². The molecular weight excluding hydrogens is 291 g/mol. The van der Waals surface area contributed by atoms with Gasteiger partial charge in [-0.05, 0) is 36.4 Å². The van der Waals surface area contributed by atoms with Gasteiger partial charge in [0.1, 0.15) is 0 Å². The van der Waals surface area contributed by atoms with Crippen molar-refractivity contribution in [3.8, 4) is 0 Å². The first-order valence-electron chi connectivity index (χ1n) is 7.10. The van der Waals surface area contributed by atoms with Crippen molar-refractivity contribution < 1.29 is 4.57 Å². The first-order valence-corrected chi connectivity index (χ1v) is 8.76. The van der Waals surface area contributed by atoms with Crippen LogP contribution >= 0.6 is 7.29 Å². The fourth-order valence-electron chi connectivity index (χ4n) is 2.40. The number of hydrogen-bond donors (Lipinski definition) is 0. The Hall–Kier alpha value is -2.38. The molecule has 0 atom stereocenters. The smallest absolute Gasteiger partial charge is 0.244 e.